The second-order valence-corrected chi connectivity index (χ2v) is 26.9. The van der Waals surface area contributed by atoms with Crippen LogP contribution < -0.4 is 42.6 Å². The number of benzene rings is 11. The van der Waals surface area contributed by atoms with Gasteiger partial charge in [-0.05, 0) is 170 Å². The zero-order valence-electron chi connectivity index (χ0n) is 51.7. The number of hydrogen-bond donors (Lipinski definition) is 0. The molecule has 15 rings (SSSR count). The topological polar surface area (TPSA) is 16.3 Å². The molecule has 0 saturated carbocycles. The normalized spacial score (nSPS) is 13.0. The maximum atomic E-state index is 2.69. The second-order valence-electron chi connectivity index (χ2n) is 26.9. The van der Waals surface area contributed by atoms with Gasteiger partial charge in [0.1, 0.15) is 0 Å². The lowest BCUT2D eigenvalue weighted by Gasteiger charge is -2.45. The van der Waals surface area contributed by atoms with Gasteiger partial charge in [0.05, 0.1) is 22.1 Å². The van der Waals surface area contributed by atoms with Gasteiger partial charge in [-0.15, -0.1) is 0 Å². The van der Waals surface area contributed by atoms with E-state index in [-0.39, 0.29) is 24.3 Å². The Bertz CT molecular complexity index is 4680. The van der Waals surface area contributed by atoms with Gasteiger partial charge in [0.2, 0.25) is 13.4 Å². The zero-order chi connectivity index (χ0) is 59.2. The number of aryl methyl sites for hydroxylation is 6. The lowest BCUT2D eigenvalue weighted by atomic mass is 9.29. The first-order valence-corrected chi connectivity index (χ1v) is 30.8. The van der Waals surface area contributed by atoms with E-state index in [1.807, 2.05) is 0 Å². The van der Waals surface area contributed by atoms with Crippen LogP contribution in [0.5, 0.6) is 0 Å². The van der Waals surface area contributed by atoms with E-state index < -0.39 is 0 Å². The van der Waals surface area contributed by atoms with Crippen LogP contribution in [0.4, 0.5) is 34.1 Å². The van der Waals surface area contributed by atoms with Crippen molar-refractivity contribution in [2.45, 2.75) is 93.9 Å². The van der Waals surface area contributed by atoms with Crippen LogP contribution in [0.2, 0.25) is 0 Å². The predicted molar refractivity (Wildman–Crippen MR) is 373 cm³/mol. The van der Waals surface area contributed by atoms with Crippen molar-refractivity contribution in [1.29, 1.82) is 0 Å². The van der Waals surface area contributed by atoms with E-state index in [1.165, 1.54) is 138 Å². The molecular formula is C80H72B2N4. The Hall–Kier alpha value is -9.25. The third kappa shape index (κ3) is 8.27. The van der Waals surface area contributed by atoms with Crippen LogP contribution >= 0.6 is 0 Å². The van der Waals surface area contributed by atoms with Crippen molar-refractivity contribution in [1.82, 2.24) is 9.13 Å². The fourth-order valence-corrected chi connectivity index (χ4v) is 15.4. The Morgan fingerprint density at radius 2 is 0.721 bits per heavy atom. The molecule has 0 fully saturated rings. The molecule has 0 aliphatic carbocycles. The summed E-state index contributed by atoms with van der Waals surface area (Å²) >= 11 is 0. The molecule has 2 aliphatic heterocycles. The van der Waals surface area contributed by atoms with Gasteiger partial charge in [0, 0.05) is 67.0 Å². The van der Waals surface area contributed by atoms with Crippen molar-refractivity contribution in [3.8, 4) is 11.4 Å². The molecule has 0 amide bonds. The van der Waals surface area contributed by atoms with E-state index in [1.54, 1.807) is 0 Å². The van der Waals surface area contributed by atoms with E-state index in [0.29, 0.717) is 0 Å². The fraction of sp³-hybridized carbons (Fsp3) is 0.175. The van der Waals surface area contributed by atoms with Crippen LogP contribution in [-0.4, -0.2) is 22.6 Å². The number of aromatic nitrogens is 2. The molecule has 2 aromatic heterocycles. The third-order valence-corrected chi connectivity index (χ3v) is 19.1. The average molecular weight is 1110 g/mol. The quantitative estimate of drug-likeness (QED) is 0.148. The molecule has 11 aromatic carbocycles. The van der Waals surface area contributed by atoms with Crippen molar-refractivity contribution in [2.75, 3.05) is 9.80 Å². The van der Waals surface area contributed by atoms with E-state index in [0.717, 1.165) is 28.4 Å². The van der Waals surface area contributed by atoms with E-state index in [2.05, 4.69) is 320 Å². The Morgan fingerprint density at radius 3 is 1.14 bits per heavy atom. The van der Waals surface area contributed by atoms with Crippen molar-refractivity contribution in [3.63, 3.8) is 0 Å². The van der Waals surface area contributed by atoms with Crippen LogP contribution in [0.3, 0.4) is 0 Å². The summed E-state index contributed by atoms with van der Waals surface area (Å²) in [5.74, 6) is 0. The van der Waals surface area contributed by atoms with Crippen LogP contribution in [0.25, 0.3) is 55.0 Å². The first kappa shape index (κ1) is 53.5. The van der Waals surface area contributed by atoms with E-state index in [9.17, 15) is 0 Å². The summed E-state index contributed by atoms with van der Waals surface area (Å²) in [5.41, 5.74) is 32.7. The lowest BCUT2D eigenvalue weighted by molar-refractivity contribution is 0.590. The molecule has 418 valence electrons. The number of anilines is 6. The first-order valence-electron chi connectivity index (χ1n) is 30.8. The molecule has 0 bridgehead atoms. The second kappa shape index (κ2) is 19.7. The maximum Gasteiger partial charge on any atom is 0.247 e. The third-order valence-electron chi connectivity index (χ3n) is 19.1. The summed E-state index contributed by atoms with van der Waals surface area (Å²) in [6.45, 7) is 27.9. The van der Waals surface area contributed by atoms with Crippen LogP contribution in [0, 0.1) is 41.5 Å². The standard InChI is InChI=1S/C80H72B2N4/c1-49-41-51(3)74(52(4)42-49)81-66-45-55(79(7,8)9)31-39-72(66)86-73-40-32-56(80(10,11)12)46-67(73)82(75-53(5)43-50(2)44-54(75)6)69-48-61(47-68(81)78(69)86)85-71-30-22-20-28-63(71)65-38-37-64-62-27-19-21-29-70(62)84(76(64)77(65)85)60-35-33-59(34-36-60)83(57-23-15-13-16-24-57)58-25-17-14-18-26-58/h13-48H,1-12H3. The SMILES string of the molecule is Cc1cc(C)c(B2c3cc(C(C)(C)C)ccc3N3c4ccc(C(C)(C)C)cc4B(c4c(C)cc(C)cc4C)c4cc(-n5c6ccccc6c6ccc7c8ccccc8n(-c8ccc(N(c9ccccc9)c9ccccc9)cc8)c7c65)cc2c43)c(C)c1. The van der Waals surface area contributed by atoms with Gasteiger partial charge in [0.25, 0.3) is 0 Å². The van der Waals surface area contributed by atoms with E-state index in [4.69, 9.17) is 0 Å². The number of para-hydroxylation sites is 4. The van der Waals surface area contributed by atoms with Crippen LogP contribution in [0.1, 0.15) is 86.1 Å². The molecule has 13 aromatic rings. The molecule has 2 aliphatic rings. The fourth-order valence-electron chi connectivity index (χ4n) is 15.4. The van der Waals surface area contributed by atoms with Crippen LogP contribution in [0.15, 0.2) is 218 Å². The highest BCUT2D eigenvalue weighted by Crippen LogP contribution is 2.45. The summed E-state index contributed by atoms with van der Waals surface area (Å²) in [7, 11) is 0. The summed E-state index contributed by atoms with van der Waals surface area (Å²) in [4.78, 5) is 5.03. The smallest absolute Gasteiger partial charge is 0.247 e. The summed E-state index contributed by atoms with van der Waals surface area (Å²) in [5, 5.41) is 4.91. The maximum absolute atomic E-state index is 2.69. The summed E-state index contributed by atoms with van der Waals surface area (Å²) in [6, 6.07) is 83.4. The molecule has 0 unspecified atom stereocenters. The van der Waals surface area contributed by atoms with Gasteiger partial charge in [0.15, 0.2) is 0 Å². The Balaban J connectivity index is 1.08. The highest BCUT2D eigenvalue weighted by Gasteiger charge is 2.46. The highest BCUT2D eigenvalue weighted by molar-refractivity contribution is 7.02. The number of nitrogens with zero attached hydrogens (tertiary/aromatic N) is 4. The molecular weight excluding hydrogens is 1040 g/mol. The first-order chi connectivity index (χ1) is 41.4. The molecule has 0 N–H and O–H groups in total. The zero-order valence-corrected chi connectivity index (χ0v) is 51.7. The van der Waals surface area contributed by atoms with Gasteiger partial charge in [-0.3, -0.25) is 0 Å². The van der Waals surface area contributed by atoms with E-state index >= 15 is 0 Å². The molecule has 4 nitrogen and oxygen atoms in total. The van der Waals surface area contributed by atoms with Crippen molar-refractivity contribution >= 4 is 124 Å². The minimum atomic E-state index is -0.0759. The van der Waals surface area contributed by atoms with Gasteiger partial charge in [-0.1, -0.05) is 219 Å². The lowest BCUT2D eigenvalue weighted by Crippen LogP contribution is -2.66. The number of rotatable bonds is 7. The molecule has 4 heterocycles. The highest BCUT2D eigenvalue weighted by atomic mass is 15.2. The Labute approximate surface area is 508 Å². The Kier molecular flexibility index (Phi) is 12.2. The average Bonchev–Trinajstić information content (AvgIpc) is 1.03. The van der Waals surface area contributed by atoms with Crippen molar-refractivity contribution < 1.29 is 0 Å². The minimum absolute atomic E-state index is 0.0708. The predicted octanol–water partition coefficient (Wildman–Crippen LogP) is 16.9. The van der Waals surface area contributed by atoms with Gasteiger partial charge in [-0.2, -0.15) is 0 Å². The molecule has 86 heavy (non-hydrogen) atoms. The molecule has 0 saturated heterocycles. The molecule has 0 radical (unpaired) electrons. The largest absolute Gasteiger partial charge is 0.313 e. The Morgan fingerprint density at radius 1 is 0.337 bits per heavy atom. The minimum Gasteiger partial charge on any atom is -0.313 e. The van der Waals surface area contributed by atoms with Gasteiger partial charge >= 0.3 is 0 Å². The monoisotopic (exact) mass is 1110 g/mol. The van der Waals surface area contributed by atoms with Crippen molar-refractivity contribution in [2.24, 2.45) is 0 Å². The number of fused-ring (bicyclic) bond motifs is 11. The number of hydrogen-bond acceptors (Lipinski definition) is 2. The van der Waals surface area contributed by atoms with Gasteiger partial charge in [-0.25, -0.2) is 0 Å². The van der Waals surface area contributed by atoms with Crippen molar-refractivity contribution in [3.05, 3.63) is 263 Å². The molecule has 6 heteroatoms. The summed E-state index contributed by atoms with van der Waals surface area (Å²) < 4.78 is 5.20. The van der Waals surface area contributed by atoms with Gasteiger partial charge < -0.3 is 18.9 Å². The molecule has 0 atom stereocenters. The van der Waals surface area contributed by atoms with Crippen LogP contribution in [-0.2, 0) is 10.8 Å². The summed E-state index contributed by atoms with van der Waals surface area (Å²) in [6.07, 6.45) is 0. The molecule has 0 spiro atoms.